The van der Waals surface area contributed by atoms with Crippen LogP contribution >= 0.6 is 11.3 Å². The Hall–Kier alpha value is -2.63. The highest BCUT2D eigenvalue weighted by Crippen LogP contribution is 2.43. The lowest BCUT2D eigenvalue weighted by Crippen LogP contribution is -2.32. The topological polar surface area (TPSA) is 58.6 Å². The lowest BCUT2D eigenvalue weighted by atomic mass is 9.87. The Balaban J connectivity index is 1.49. The van der Waals surface area contributed by atoms with Crippen molar-refractivity contribution in [2.24, 2.45) is 0 Å². The van der Waals surface area contributed by atoms with Gasteiger partial charge < -0.3 is 15.2 Å². The number of rotatable bonds is 7. The van der Waals surface area contributed by atoms with Crippen molar-refractivity contribution in [2.45, 2.75) is 24.7 Å². The van der Waals surface area contributed by atoms with Crippen LogP contribution in [0, 0.1) is 0 Å². The molecule has 0 aliphatic carbocycles. The van der Waals surface area contributed by atoms with Crippen LogP contribution in [-0.2, 0) is 4.79 Å². The van der Waals surface area contributed by atoms with E-state index in [0.29, 0.717) is 13.0 Å². The van der Waals surface area contributed by atoms with Crippen LogP contribution < -0.4 is 10.1 Å². The quantitative estimate of drug-likeness (QED) is 0.614. The van der Waals surface area contributed by atoms with Crippen molar-refractivity contribution in [1.82, 2.24) is 5.32 Å². The van der Waals surface area contributed by atoms with Gasteiger partial charge in [0.25, 0.3) is 0 Å². The van der Waals surface area contributed by atoms with Crippen LogP contribution in [-0.4, -0.2) is 24.2 Å². The highest BCUT2D eigenvalue weighted by atomic mass is 32.1. The summed E-state index contributed by atoms with van der Waals surface area (Å²) >= 11 is 1.66. The molecule has 2 aromatic carbocycles. The third-order valence-electron chi connectivity index (χ3n) is 5.23. The zero-order valence-electron chi connectivity index (χ0n) is 15.5. The van der Waals surface area contributed by atoms with Crippen LogP contribution in [0.2, 0.25) is 0 Å². The van der Waals surface area contributed by atoms with E-state index in [4.69, 9.17) is 4.74 Å². The molecule has 4 rings (SSSR count). The van der Waals surface area contributed by atoms with Gasteiger partial charge in [-0.25, -0.2) is 0 Å². The van der Waals surface area contributed by atoms with Gasteiger partial charge in [0, 0.05) is 24.3 Å². The first-order valence-corrected chi connectivity index (χ1v) is 10.5. The Morgan fingerprint density at radius 1 is 1.04 bits per heavy atom. The van der Waals surface area contributed by atoms with Crippen LogP contribution in [0.3, 0.4) is 0 Å². The van der Waals surface area contributed by atoms with Gasteiger partial charge in [-0.05, 0) is 53.3 Å². The monoisotopic (exact) mass is 393 g/mol. The van der Waals surface area contributed by atoms with Gasteiger partial charge in [-0.2, -0.15) is 11.3 Å². The summed E-state index contributed by atoms with van der Waals surface area (Å²) in [5, 5.41) is 16.6. The van der Waals surface area contributed by atoms with Crippen molar-refractivity contribution >= 4 is 17.2 Å². The first-order valence-electron chi connectivity index (χ1n) is 9.54. The van der Waals surface area contributed by atoms with Gasteiger partial charge in [-0.3, -0.25) is 4.79 Å². The fourth-order valence-electron chi connectivity index (χ4n) is 3.80. The Bertz CT molecular complexity index is 893. The first kappa shape index (κ1) is 18.7. The van der Waals surface area contributed by atoms with Gasteiger partial charge in [0.1, 0.15) is 11.5 Å². The SMILES string of the molecule is O=C(NCCC(CCO)c1ccsc1)C1c2ccccc2Oc2ccccc21. The molecule has 1 unspecified atom stereocenters. The molecule has 0 bridgehead atoms. The lowest BCUT2D eigenvalue weighted by Gasteiger charge is -2.27. The number of ether oxygens (including phenoxy) is 1. The van der Waals surface area contributed by atoms with Crippen molar-refractivity contribution in [3.63, 3.8) is 0 Å². The minimum Gasteiger partial charge on any atom is -0.457 e. The number of para-hydroxylation sites is 2. The molecule has 28 heavy (non-hydrogen) atoms. The number of carbonyl (C=O) groups is 1. The maximum Gasteiger partial charge on any atom is 0.232 e. The maximum absolute atomic E-state index is 13.1. The van der Waals surface area contributed by atoms with Gasteiger partial charge in [-0.1, -0.05) is 36.4 Å². The molecular weight excluding hydrogens is 370 g/mol. The number of amides is 1. The minimum absolute atomic E-state index is 0.0173. The second kappa shape index (κ2) is 8.59. The molecule has 1 aliphatic heterocycles. The molecule has 2 N–H and O–H groups in total. The number of carbonyl (C=O) groups excluding carboxylic acids is 1. The number of aliphatic hydroxyl groups is 1. The summed E-state index contributed by atoms with van der Waals surface area (Å²) in [5.41, 5.74) is 3.02. The first-order chi connectivity index (χ1) is 13.8. The van der Waals surface area contributed by atoms with E-state index in [1.165, 1.54) is 5.56 Å². The molecule has 0 saturated carbocycles. The molecule has 3 aromatic rings. The zero-order chi connectivity index (χ0) is 19.3. The number of thiophene rings is 1. The highest BCUT2D eigenvalue weighted by Gasteiger charge is 2.32. The molecule has 0 spiro atoms. The molecule has 0 fully saturated rings. The average molecular weight is 394 g/mol. The molecule has 1 amide bonds. The van der Waals surface area contributed by atoms with Gasteiger partial charge in [0.2, 0.25) is 5.91 Å². The van der Waals surface area contributed by atoms with Crippen LogP contribution in [0.4, 0.5) is 0 Å². The normalized spacial score (nSPS) is 13.9. The van der Waals surface area contributed by atoms with E-state index >= 15 is 0 Å². The molecule has 144 valence electrons. The number of hydrogen-bond donors (Lipinski definition) is 2. The third kappa shape index (κ3) is 3.81. The number of hydrogen-bond acceptors (Lipinski definition) is 4. The van der Waals surface area contributed by atoms with Crippen LogP contribution in [0.5, 0.6) is 11.5 Å². The molecule has 4 nitrogen and oxygen atoms in total. The zero-order valence-corrected chi connectivity index (χ0v) is 16.3. The maximum atomic E-state index is 13.1. The summed E-state index contributed by atoms with van der Waals surface area (Å²) in [4.78, 5) is 13.1. The molecule has 5 heteroatoms. The van der Waals surface area contributed by atoms with E-state index in [1.807, 2.05) is 53.9 Å². The summed E-state index contributed by atoms with van der Waals surface area (Å²) in [5.74, 6) is 1.33. The summed E-state index contributed by atoms with van der Waals surface area (Å²) in [6.07, 6.45) is 1.51. The number of nitrogens with one attached hydrogen (secondary N) is 1. The number of aliphatic hydroxyl groups excluding tert-OH is 1. The van der Waals surface area contributed by atoms with Crippen LogP contribution in [0.25, 0.3) is 0 Å². The predicted molar refractivity (Wildman–Crippen MR) is 111 cm³/mol. The van der Waals surface area contributed by atoms with Crippen LogP contribution in [0.15, 0.2) is 65.4 Å². The fourth-order valence-corrected chi connectivity index (χ4v) is 4.55. The Morgan fingerprint density at radius 2 is 1.71 bits per heavy atom. The Labute approximate surface area is 168 Å². The lowest BCUT2D eigenvalue weighted by molar-refractivity contribution is -0.121. The molecule has 1 aliphatic rings. The van der Waals surface area contributed by atoms with Crippen LogP contribution in [0.1, 0.15) is 41.4 Å². The number of fused-ring (bicyclic) bond motifs is 2. The van der Waals surface area contributed by atoms with Gasteiger partial charge in [0.15, 0.2) is 0 Å². The van der Waals surface area contributed by atoms with Crippen molar-refractivity contribution in [3.8, 4) is 11.5 Å². The summed E-state index contributed by atoms with van der Waals surface area (Å²) in [7, 11) is 0. The second-order valence-electron chi connectivity index (χ2n) is 6.96. The van der Waals surface area contributed by atoms with E-state index in [-0.39, 0.29) is 24.3 Å². The van der Waals surface area contributed by atoms with Crippen molar-refractivity contribution in [2.75, 3.05) is 13.2 Å². The van der Waals surface area contributed by atoms with Gasteiger partial charge in [0.05, 0.1) is 5.92 Å². The molecular formula is C23H23NO3S. The smallest absolute Gasteiger partial charge is 0.232 e. The van der Waals surface area contributed by atoms with Gasteiger partial charge >= 0.3 is 0 Å². The van der Waals surface area contributed by atoms with E-state index in [0.717, 1.165) is 29.0 Å². The summed E-state index contributed by atoms with van der Waals surface area (Å²) in [6, 6.07) is 17.5. The summed E-state index contributed by atoms with van der Waals surface area (Å²) in [6.45, 7) is 0.718. The molecule has 2 heterocycles. The number of benzene rings is 2. The van der Waals surface area contributed by atoms with Crippen molar-refractivity contribution in [1.29, 1.82) is 0 Å². The molecule has 1 atom stereocenters. The summed E-state index contributed by atoms with van der Waals surface area (Å²) < 4.78 is 5.97. The van der Waals surface area contributed by atoms with E-state index in [9.17, 15) is 9.90 Å². The Kier molecular flexibility index (Phi) is 5.74. The van der Waals surface area contributed by atoms with E-state index in [2.05, 4.69) is 16.8 Å². The van der Waals surface area contributed by atoms with E-state index in [1.54, 1.807) is 11.3 Å². The second-order valence-corrected chi connectivity index (χ2v) is 7.74. The predicted octanol–water partition coefficient (Wildman–Crippen LogP) is 4.66. The van der Waals surface area contributed by atoms with E-state index < -0.39 is 0 Å². The standard InChI is InChI=1S/C23H23NO3S/c25-13-10-16(17-11-14-28-15-17)9-12-24-23(26)22-18-5-1-3-7-20(18)27-21-8-4-2-6-19(21)22/h1-8,11,14-16,22,25H,9-10,12-13H2,(H,24,26). The molecule has 1 aromatic heterocycles. The Morgan fingerprint density at radius 3 is 2.32 bits per heavy atom. The average Bonchev–Trinajstić information content (AvgIpc) is 3.26. The van der Waals surface area contributed by atoms with Gasteiger partial charge in [-0.15, -0.1) is 0 Å². The van der Waals surface area contributed by atoms with Crippen molar-refractivity contribution in [3.05, 3.63) is 82.0 Å². The molecule has 0 radical (unpaired) electrons. The fraction of sp³-hybridized carbons (Fsp3) is 0.261. The van der Waals surface area contributed by atoms with Crippen molar-refractivity contribution < 1.29 is 14.6 Å². The third-order valence-corrected chi connectivity index (χ3v) is 5.93. The highest BCUT2D eigenvalue weighted by molar-refractivity contribution is 7.07. The largest absolute Gasteiger partial charge is 0.457 e. The molecule has 0 saturated heterocycles. The minimum atomic E-state index is -0.376.